The molecule has 1 unspecified atom stereocenters. The fraction of sp³-hybridized carbons (Fsp3) is 0.533. The molecule has 1 spiro atoms. The third-order valence-corrected chi connectivity index (χ3v) is 13.6. The minimum Gasteiger partial charge on any atom is -0.496 e. The van der Waals surface area contributed by atoms with Crippen LogP contribution in [0, 0.1) is 0 Å². The quantitative estimate of drug-likeness (QED) is 0.255. The molecule has 1 N–H and O–H groups in total. The van der Waals surface area contributed by atoms with E-state index in [-0.39, 0.29) is 17.7 Å². The van der Waals surface area contributed by atoms with E-state index in [1.165, 1.54) is 7.11 Å². The molecule has 2 aromatic rings. The van der Waals surface area contributed by atoms with Crippen molar-refractivity contribution in [2.24, 2.45) is 0 Å². The smallest absolute Gasteiger partial charge is 0.346 e. The largest absolute Gasteiger partial charge is 0.496 e. The van der Waals surface area contributed by atoms with Gasteiger partial charge in [-0.15, -0.1) is 0 Å². The van der Waals surface area contributed by atoms with Crippen molar-refractivity contribution in [3.05, 3.63) is 40.5 Å². The number of hydrogen-bond acceptors (Lipinski definition) is 10. The summed E-state index contributed by atoms with van der Waals surface area (Å²) in [4.78, 5) is 25.9. The molecule has 3 aliphatic rings. The fourth-order valence-corrected chi connectivity index (χ4v) is 9.22. The van der Waals surface area contributed by atoms with E-state index in [4.69, 9.17) is 32.8 Å². The van der Waals surface area contributed by atoms with Gasteiger partial charge in [-0.2, -0.15) is 0 Å². The molecule has 0 amide bonds. The third kappa shape index (κ3) is 4.19. The van der Waals surface area contributed by atoms with Crippen LogP contribution in [-0.4, -0.2) is 65.0 Å². The van der Waals surface area contributed by atoms with Gasteiger partial charge in [0.05, 0.1) is 39.6 Å². The van der Waals surface area contributed by atoms with E-state index in [1.54, 1.807) is 26.4 Å². The molecule has 0 saturated carbocycles. The van der Waals surface area contributed by atoms with E-state index in [0.717, 1.165) is 36.4 Å². The number of rotatable bonds is 9. The average molecular weight is 587 g/mol. The molecule has 11 heteroatoms. The van der Waals surface area contributed by atoms with Gasteiger partial charge in [-0.3, -0.25) is 4.79 Å². The highest BCUT2D eigenvalue weighted by Gasteiger charge is 2.60. The zero-order valence-electron chi connectivity index (χ0n) is 24.7. The molecular weight excluding hydrogens is 548 g/mol. The van der Waals surface area contributed by atoms with E-state index in [9.17, 15) is 14.7 Å². The van der Waals surface area contributed by atoms with Crippen molar-refractivity contribution in [3.63, 3.8) is 0 Å². The van der Waals surface area contributed by atoms with Gasteiger partial charge in [-0.25, -0.2) is 4.79 Å². The van der Waals surface area contributed by atoms with Gasteiger partial charge in [-0.1, -0.05) is 26.8 Å². The van der Waals surface area contributed by atoms with Crippen LogP contribution in [0.25, 0.3) is 0 Å². The van der Waals surface area contributed by atoms with Crippen molar-refractivity contribution in [1.29, 1.82) is 0 Å². The minimum atomic E-state index is -2.33. The Morgan fingerprint density at radius 2 is 1.61 bits per heavy atom. The molecule has 2 aromatic carbocycles. The Labute approximate surface area is 240 Å². The molecule has 41 heavy (non-hydrogen) atoms. The predicted octanol–water partition coefficient (Wildman–Crippen LogP) is 4.53. The standard InChI is InChI=1S/C30H38O10Si/c1-8-41(9-2,10-3)40-27-22-19(34-4)11-12-20(35-5)24(22)39-30(27)14-13-17-15-18-16-29(33,28(32)37-7)26(31)21(18)25(36-6)23(17)38-30/h11-12,15,27,33H,8-10,13-14,16H2,1-7H3/t27-,29?,30-/m1/s1. The van der Waals surface area contributed by atoms with Crippen molar-refractivity contribution in [3.8, 4) is 28.7 Å². The molecule has 2 aliphatic heterocycles. The molecule has 0 bridgehead atoms. The molecule has 1 aliphatic carbocycles. The predicted molar refractivity (Wildman–Crippen MR) is 151 cm³/mol. The first-order valence-electron chi connectivity index (χ1n) is 14.0. The van der Waals surface area contributed by atoms with Gasteiger partial charge >= 0.3 is 5.97 Å². The molecule has 5 rings (SSSR count). The second kappa shape index (κ2) is 10.5. The van der Waals surface area contributed by atoms with Crippen LogP contribution in [0.1, 0.15) is 60.3 Å². The number of fused-ring (bicyclic) bond motifs is 3. The number of Topliss-reactive ketones (excluding diaryl/α,β-unsaturated/α-hetero) is 1. The molecule has 222 valence electrons. The summed E-state index contributed by atoms with van der Waals surface area (Å²) < 4.78 is 42.6. The summed E-state index contributed by atoms with van der Waals surface area (Å²) in [6, 6.07) is 8.13. The maximum absolute atomic E-state index is 13.4. The van der Waals surface area contributed by atoms with Crippen molar-refractivity contribution >= 4 is 20.1 Å². The summed E-state index contributed by atoms with van der Waals surface area (Å²) in [7, 11) is 3.51. The Morgan fingerprint density at radius 1 is 0.976 bits per heavy atom. The van der Waals surface area contributed by atoms with E-state index in [0.29, 0.717) is 41.4 Å². The molecule has 0 fully saturated rings. The third-order valence-electron chi connectivity index (χ3n) is 8.99. The number of carbonyl (C=O) groups excluding carboxylic acids is 2. The summed E-state index contributed by atoms with van der Waals surface area (Å²) in [6.07, 6.45) is 0.0661. The van der Waals surface area contributed by atoms with Gasteiger partial charge in [0.1, 0.15) is 5.75 Å². The van der Waals surface area contributed by atoms with Gasteiger partial charge in [0.25, 0.3) is 5.79 Å². The number of hydrogen-bond donors (Lipinski definition) is 1. The first-order chi connectivity index (χ1) is 19.6. The Kier molecular flexibility index (Phi) is 7.50. The summed E-state index contributed by atoms with van der Waals surface area (Å²) >= 11 is 0. The first kappa shape index (κ1) is 29.2. The summed E-state index contributed by atoms with van der Waals surface area (Å²) in [6.45, 7) is 6.47. The van der Waals surface area contributed by atoms with Crippen LogP contribution in [-0.2, 0) is 26.8 Å². The van der Waals surface area contributed by atoms with E-state index >= 15 is 0 Å². The zero-order valence-corrected chi connectivity index (χ0v) is 25.7. The lowest BCUT2D eigenvalue weighted by atomic mass is 9.91. The van der Waals surface area contributed by atoms with Crippen LogP contribution < -0.4 is 23.7 Å². The number of methoxy groups -OCH3 is 4. The molecule has 0 radical (unpaired) electrons. The normalized spacial score (nSPS) is 24.2. The molecular formula is C30H38O10Si. The van der Waals surface area contributed by atoms with Crippen molar-refractivity contribution in [2.75, 3.05) is 28.4 Å². The molecule has 2 heterocycles. The van der Waals surface area contributed by atoms with E-state index in [2.05, 4.69) is 20.8 Å². The number of benzene rings is 2. The Morgan fingerprint density at radius 3 is 2.20 bits per heavy atom. The van der Waals surface area contributed by atoms with Crippen LogP contribution in [0.15, 0.2) is 18.2 Å². The minimum absolute atomic E-state index is 0.0961. The van der Waals surface area contributed by atoms with Crippen molar-refractivity contribution in [2.45, 2.75) is 75.7 Å². The topological polar surface area (TPSA) is 119 Å². The second-order valence-electron chi connectivity index (χ2n) is 10.8. The Bertz CT molecular complexity index is 1380. The van der Waals surface area contributed by atoms with Crippen molar-refractivity contribution < 1.29 is 47.5 Å². The van der Waals surface area contributed by atoms with Crippen LogP contribution in [0.2, 0.25) is 18.1 Å². The highest BCUT2D eigenvalue weighted by atomic mass is 28.4. The van der Waals surface area contributed by atoms with E-state index in [1.807, 2.05) is 6.07 Å². The Hall–Kier alpha value is -3.28. The number of ether oxygens (including phenoxy) is 6. The summed E-state index contributed by atoms with van der Waals surface area (Å²) in [5.41, 5.74) is -0.236. The van der Waals surface area contributed by atoms with Crippen molar-refractivity contribution in [1.82, 2.24) is 0 Å². The first-order valence-corrected chi connectivity index (χ1v) is 16.5. The number of esters is 1. The van der Waals surface area contributed by atoms with Gasteiger partial charge in [0.15, 0.2) is 37.4 Å². The lowest BCUT2D eigenvalue weighted by molar-refractivity contribution is -0.175. The Balaban J connectivity index is 1.67. The number of aliphatic hydroxyl groups is 1. The summed E-state index contributed by atoms with van der Waals surface area (Å²) in [5, 5.41) is 11.0. The summed E-state index contributed by atoms with van der Waals surface area (Å²) in [5.74, 6) is -1.04. The maximum atomic E-state index is 13.4. The van der Waals surface area contributed by atoms with Gasteiger partial charge in [-0.05, 0) is 47.8 Å². The average Bonchev–Trinajstić information content (AvgIpc) is 3.44. The highest BCUT2D eigenvalue weighted by molar-refractivity contribution is 6.73. The number of ketones is 1. The lowest BCUT2D eigenvalue weighted by Crippen LogP contribution is -2.51. The molecule has 3 atom stereocenters. The highest BCUT2D eigenvalue weighted by Crippen LogP contribution is 2.59. The van der Waals surface area contributed by atoms with Crippen LogP contribution >= 0.6 is 0 Å². The van der Waals surface area contributed by atoms with Gasteiger partial charge < -0.3 is 38.0 Å². The van der Waals surface area contributed by atoms with Gasteiger partial charge in [0.2, 0.25) is 11.4 Å². The molecule has 10 nitrogen and oxygen atoms in total. The van der Waals surface area contributed by atoms with Gasteiger partial charge in [0, 0.05) is 12.8 Å². The molecule has 0 saturated heterocycles. The zero-order chi connectivity index (χ0) is 29.7. The maximum Gasteiger partial charge on any atom is 0.346 e. The number of carbonyl (C=O) groups is 2. The monoisotopic (exact) mass is 586 g/mol. The van der Waals surface area contributed by atoms with Crippen LogP contribution in [0.5, 0.6) is 28.7 Å². The lowest BCUT2D eigenvalue weighted by Gasteiger charge is -2.42. The number of aryl methyl sites for hydroxylation is 1. The van der Waals surface area contributed by atoms with Crippen LogP contribution in [0.4, 0.5) is 0 Å². The molecule has 0 aromatic heterocycles. The van der Waals surface area contributed by atoms with Crippen LogP contribution in [0.3, 0.4) is 0 Å². The fourth-order valence-electron chi connectivity index (χ4n) is 6.42. The second-order valence-corrected chi connectivity index (χ2v) is 15.5. The SMILES string of the molecule is CC[Si](CC)(CC)O[C@@H]1c2c(OC)ccc(OC)c2O[C@]12CCc1cc3c(c(OC)c1O2)C(=O)C(O)(C(=O)OC)C3. The van der Waals surface area contributed by atoms with E-state index < -0.39 is 37.6 Å².